The molecule has 1 aromatic carbocycles. The van der Waals surface area contributed by atoms with Gasteiger partial charge in [-0.15, -0.1) is 0 Å². The number of nitrogens with zero attached hydrogens (tertiary/aromatic N) is 1. The second-order valence-electron chi connectivity index (χ2n) is 6.39. The summed E-state index contributed by atoms with van der Waals surface area (Å²) in [7, 11) is 0. The van der Waals surface area contributed by atoms with Crippen molar-refractivity contribution < 1.29 is 4.79 Å². The number of nitrogens with one attached hydrogen (secondary N) is 1. The molecule has 0 saturated carbocycles. The molecule has 1 N–H and O–H groups in total. The van der Waals surface area contributed by atoms with Crippen molar-refractivity contribution in [1.29, 1.82) is 0 Å². The minimum Gasteiger partial charge on any atom is -0.319 e. The lowest BCUT2D eigenvalue weighted by Crippen LogP contribution is -2.39. The number of aryl methyl sites for hydroxylation is 1. The van der Waals surface area contributed by atoms with E-state index >= 15 is 0 Å². The Kier molecular flexibility index (Phi) is 5.04. The van der Waals surface area contributed by atoms with Gasteiger partial charge in [-0.25, -0.2) is 0 Å². The Balaban J connectivity index is 2.31. The van der Waals surface area contributed by atoms with Crippen molar-refractivity contribution in [3.05, 3.63) is 35.4 Å². The van der Waals surface area contributed by atoms with Gasteiger partial charge in [-0.3, -0.25) is 10.1 Å². The topological polar surface area (TPSA) is 32.3 Å². The predicted molar refractivity (Wildman–Crippen MR) is 86.9 cm³/mol. The van der Waals surface area contributed by atoms with Gasteiger partial charge in [0.15, 0.2) is 0 Å². The van der Waals surface area contributed by atoms with Crippen LogP contribution >= 0.6 is 0 Å². The molecule has 0 radical (unpaired) electrons. The second kappa shape index (κ2) is 6.61. The lowest BCUT2D eigenvalue weighted by molar-refractivity contribution is -0.132. The zero-order chi connectivity index (χ0) is 15.6. The first kappa shape index (κ1) is 16.0. The van der Waals surface area contributed by atoms with Crippen LogP contribution in [0.2, 0.25) is 0 Å². The predicted octanol–water partition coefficient (Wildman–Crippen LogP) is 3.50. The highest BCUT2D eigenvalue weighted by molar-refractivity contribution is 5.85. The van der Waals surface area contributed by atoms with Gasteiger partial charge in [-0.2, -0.15) is 0 Å². The van der Waals surface area contributed by atoms with Crippen LogP contribution in [-0.2, 0) is 11.2 Å². The standard InChI is InChI=1S/C18H28N2O/c1-6-13(5)20-17(19-16(12(3)4)18(20)21)15-10-8-14(7-2)9-11-15/h8-13,16-17,19H,6-7H2,1-5H3. The van der Waals surface area contributed by atoms with Gasteiger partial charge < -0.3 is 4.90 Å². The fourth-order valence-corrected chi connectivity index (χ4v) is 2.95. The third-order valence-electron chi connectivity index (χ3n) is 4.57. The van der Waals surface area contributed by atoms with Crippen LogP contribution in [0.15, 0.2) is 24.3 Å². The third-order valence-corrected chi connectivity index (χ3v) is 4.57. The monoisotopic (exact) mass is 288 g/mol. The minimum atomic E-state index is -0.0742. The molecule has 21 heavy (non-hydrogen) atoms. The van der Waals surface area contributed by atoms with Crippen LogP contribution in [0.4, 0.5) is 0 Å². The molecule has 0 aromatic heterocycles. The van der Waals surface area contributed by atoms with Crippen molar-refractivity contribution >= 4 is 5.91 Å². The molecule has 116 valence electrons. The minimum absolute atomic E-state index is 0.00533. The first-order valence-corrected chi connectivity index (χ1v) is 8.16. The second-order valence-corrected chi connectivity index (χ2v) is 6.39. The lowest BCUT2D eigenvalue weighted by atomic mass is 10.0. The van der Waals surface area contributed by atoms with Crippen LogP contribution in [0.5, 0.6) is 0 Å². The maximum atomic E-state index is 12.7. The van der Waals surface area contributed by atoms with Crippen LogP contribution in [0.3, 0.4) is 0 Å². The summed E-state index contributed by atoms with van der Waals surface area (Å²) in [5, 5.41) is 3.54. The normalized spacial score (nSPS) is 23.9. The van der Waals surface area contributed by atoms with Gasteiger partial charge in [0, 0.05) is 6.04 Å². The largest absolute Gasteiger partial charge is 0.319 e. The summed E-state index contributed by atoms with van der Waals surface area (Å²) < 4.78 is 0. The Morgan fingerprint density at radius 2 is 1.76 bits per heavy atom. The van der Waals surface area contributed by atoms with Crippen LogP contribution < -0.4 is 5.32 Å². The van der Waals surface area contributed by atoms with Crippen LogP contribution in [-0.4, -0.2) is 22.9 Å². The van der Waals surface area contributed by atoms with Gasteiger partial charge in [0.2, 0.25) is 5.91 Å². The molecule has 0 bridgehead atoms. The van der Waals surface area contributed by atoms with E-state index in [0.29, 0.717) is 5.92 Å². The molecular weight excluding hydrogens is 260 g/mol. The van der Waals surface area contributed by atoms with Crippen molar-refractivity contribution in [3.63, 3.8) is 0 Å². The number of rotatable bonds is 5. The smallest absolute Gasteiger partial charge is 0.241 e. The number of amides is 1. The number of hydrogen-bond acceptors (Lipinski definition) is 2. The van der Waals surface area contributed by atoms with E-state index in [1.54, 1.807) is 0 Å². The van der Waals surface area contributed by atoms with Gasteiger partial charge in [-0.1, -0.05) is 52.0 Å². The van der Waals surface area contributed by atoms with E-state index in [1.807, 2.05) is 4.90 Å². The van der Waals surface area contributed by atoms with Gasteiger partial charge in [0.25, 0.3) is 0 Å². The van der Waals surface area contributed by atoms with Crippen LogP contribution in [0.25, 0.3) is 0 Å². The number of benzene rings is 1. The molecule has 3 atom stereocenters. The fraction of sp³-hybridized carbons (Fsp3) is 0.611. The van der Waals surface area contributed by atoms with Crippen molar-refractivity contribution in [2.45, 2.75) is 65.7 Å². The maximum Gasteiger partial charge on any atom is 0.241 e. The van der Waals surface area contributed by atoms with E-state index in [4.69, 9.17) is 0 Å². The zero-order valence-corrected chi connectivity index (χ0v) is 13.9. The molecule has 1 aromatic rings. The van der Waals surface area contributed by atoms with E-state index in [2.05, 4.69) is 64.2 Å². The number of hydrogen-bond donors (Lipinski definition) is 1. The van der Waals surface area contributed by atoms with E-state index < -0.39 is 0 Å². The summed E-state index contributed by atoms with van der Waals surface area (Å²) in [6, 6.07) is 8.82. The number of carbonyl (C=O) groups excluding carboxylic acids is 1. The Labute approximate surface area is 128 Å². The molecule has 1 amide bonds. The van der Waals surface area contributed by atoms with Crippen molar-refractivity contribution in [2.75, 3.05) is 0 Å². The lowest BCUT2D eigenvalue weighted by Gasteiger charge is -2.30. The number of carbonyl (C=O) groups is 1. The first-order valence-electron chi connectivity index (χ1n) is 8.16. The Morgan fingerprint density at radius 3 is 2.24 bits per heavy atom. The Hall–Kier alpha value is -1.35. The summed E-state index contributed by atoms with van der Waals surface area (Å²) >= 11 is 0. The summed E-state index contributed by atoms with van der Waals surface area (Å²) in [6.45, 7) is 10.6. The molecule has 1 fully saturated rings. The molecule has 1 aliphatic heterocycles. The molecule has 3 nitrogen and oxygen atoms in total. The maximum absolute atomic E-state index is 12.7. The Bertz CT molecular complexity index is 480. The quantitative estimate of drug-likeness (QED) is 0.899. The molecule has 1 aliphatic rings. The van der Waals surface area contributed by atoms with Crippen molar-refractivity contribution in [1.82, 2.24) is 10.2 Å². The van der Waals surface area contributed by atoms with Crippen LogP contribution in [0.1, 0.15) is 58.3 Å². The summed E-state index contributed by atoms with van der Waals surface area (Å²) in [4.78, 5) is 14.8. The van der Waals surface area contributed by atoms with E-state index in [0.717, 1.165) is 12.8 Å². The highest BCUT2D eigenvalue weighted by Crippen LogP contribution is 2.31. The highest BCUT2D eigenvalue weighted by Gasteiger charge is 2.42. The SMILES string of the molecule is CCc1ccc(C2NC(C(C)C)C(=O)N2C(C)CC)cc1. The van der Waals surface area contributed by atoms with Gasteiger partial charge in [-0.05, 0) is 36.8 Å². The molecule has 3 unspecified atom stereocenters. The fourth-order valence-electron chi connectivity index (χ4n) is 2.95. The molecule has 0 aliphatic carbocycles. The van der Waals surface area contributed by atoms with Gasteiger partial charge in [0.1, 0.15) is 6.17 Å². The average Bonchev–Trinajstić information content (AvgIpc) is 2.84. The molecular formula is C18H28N2O. The summed E-state index contributed by atoms with van der Waals surface area (Å²) in [5.41, 5.74) is 2.52. The molecule has 3 heteroatoms. The van der Waals surface area contributed by atoms with E-state index in [9.17, 15) is 4.79 Å². The Morgan fingerprint density at radius 1 is 1.14 bits per heavy atom. The van der Waals surface area contributed by atoms with Crippen molar-refractivity contribution in [2.24, 2.45) is 5.92 Å². The first-order chi connectivity index (χ1) is 9.99. The van der Waals surface area contributed by atoms with E-state index in [1.165, 1.54) is 11.1 Å². The highest BCUT2D eigenvalue weighted by atomic mass is 16.2. The van der Waals surface area contributed by atoms with E-state index in [-0.39, 0.29) is 24.2 Å². The average molecular weight is 288 g/mol. The molecule has 2 rings (SSSR count). The van der Waals surface area contributed by atoms with Crippen molar-refractivity contribution in [3.8, 4) is 0 Å². The summed E-state index contributed by atoms with van der Waals surface area (Å²) in [5.74, 6) is 0.549. The summed E-state index contributed by atoms with van der Waals surface area (Å²) in [6.07, 6.45) is 2.02. The molecule has 1 saturated heterocycles. The molecule has 1 heterocycles. The van der Waals surface area contributed by atoms with Gasteiger partial charge in [0.05, 0.1) is 6.04 Å². The van der Waals surface area contributed by atoms with Crippen LogP contribution in [0, 0.1) is 5.92 Å². The van der Waals surface area contributed by atoms with Gasteiger partial charge >= 0.3 is 0 Å². The third kappa shape index (κ3) is 3.13. The molecule has 0 spiro atoms. The zero-order valence-electron chi connectivity index (χ0n) is 13.9.